The highest BCUT2D eigenvalue weighted by Gasteiger charge is 2.20. The smallest absolute Gasteiger partial charge is 0.293 e. The molecule has 0 radical (unpaired) electrons. The Morgan fingerprint density at radius 1 is 1.50 bits per heavy atom. The number of nitro groups is 1. The van der Waals surface area contributed by atoms with Crippen LogP contribution < -0.4 is 10.6 Å². The van der Waals surface area contributed by atoms with Gasteiger partial charge in [-0.1, -0.05) is 6.92 Å². The molecule has 2 rings (SSSR count). The number of ether oxygens (including phenoxy) is 1. The van der Waals surface area contributed by atoms with E-state index >= 15 is 0 Å². The van der Waals surface area contributed by atoms with Crippen LogP contribution in [0.15, 0.2) is 18.2 Å². The van der Waals surface area contributed by atoms with E-state index in [9.17, 15) is 14.9 Å². The van der Waals surface area contributed by atoms with Gasteiger partial charge in [-0.3, -0.25) is 14.9 Å². The summed E-state index contributed by atoms with van der Waals surface area (Å²) in [6.45, 7) is 3.76. The Balaban J connectivity index is 2.09. The van der Waals surface area contributed by atoms with Crippen molar-refractivity contribution in [2.45, 2.75) is 32.3 Å². The van der Waals surface area contributed by atoms with Gasteiger partial charge in [0, 0.05) is 31.3 Å². The van der Waals surface area contributed by atoms with Gasteiger partial charge >= 0.3 is 0 Å². The number of rotatable bonds is 7. The first kappa shape index (κ1) is 16.2. The molecule has 0 spiro atoms. The minimum atomic E-state index is -0.478. The van der Waals surface area contributed by atoms with Crippen LogP contribution in [0.4, 0.5) is 11.4 Å². The lowest BCUT2D eigenvalue weighted by molar-refractivity contribution is -0.384. The van der Waals surface area contributed by atoms with E-state index in [4.69, 9.17) is 4.74 Å². The second-order valence-electron chi connectivity index (χ2n) is 5.26. The van der Waals surface area contributed by atoms with Crippen LogP contribution in [-0.2, 0) is 4.74 Å². The summed E-state index contributed by atoms with van der Waals surface area (Å²) in [5.41, 5.74) is 0.609. The number of carbonyl (C=O) groups is 1. The molecule has 1 aromatic rings. The predicted molar refractivity (Wildman–Crippen MR) is 83.2 cm³/mol. The van der Waals surface area contributed by atoms with Crippen LogP contribution in [0.2, 0.25) is 0 Å². The zero-order valence-corrected chi connectivity index (χ0v) is 12.6. The molecule has 1 saturated heterocycles. The van der Waals surface area contributed by atoms with Gasteiger partial charge in [0.1, 0.15) is 5.69 Å². The van der Waals surface area contributed by atoms with Gasteiger partial charge < -0.3 is 15.4 Å². The molecule has 1 aromatic carbocycles. The second-order valence-corrected chi connectivity index (χ2v) is 5.26. The fourth-order valence-electron chi connectivity index (χ4n) is 2.34. The normalized spacial score (nSPS) is 17.2. The fraction of sp³-hybridized carbons (Fsp3) is 0.533. The van der Waals surface area contributed by atoms with Crippen molar-refractivity contribution in [2.75, 3.05) is 25.0 Å². The zero-order valence-electron chi connectivity index (χ0n) is 12.6. The Hall–Kier alpha value is -2.15. The zero-order chi connectivity index (χ0) is 15.9. The first-order valence-corrected chi connectivity index (χ1v) is 7.54. The summed E-state index contributed by atoms with van der Waals surface area (Å²) in [7, 11) is 0. The van der Waals surface area contributed by atoms with Crippen LogP contribution in [0.1, 0.15) is 36.5 Å². The molecule has 0 bridgehead atoms. The summed E-state index contributed by atoms with van der Waals surface area (Å²) in [6.07, 6.45) is 2.88. The van der Waals surface area contributed by atoms with Crippen LogP contribution in [0.25, 0.3) is 0 Å². The van der Waals surface area contributed by atoms with Crippen molar-refractivity contribution in [1.82, 2.24) is 5.32 Å². The van der Waals surface area contributed by atoms with Crippen molar-refractivity contribution in [3.63, 3.8) is 0 Å². The van der Waals surface area contributed by atoms with Crippen LogP contribution in [0.5, 0.6) is 0 Å². The summed E-state index contributed by atoms with van der Waals surface area (Å²) in [5, 5.41) is 17.0. The van der Waals surface area contributed by atoms with Crippen molar-refractivity contribution >= 4 is 17.3 Å². The van der Waals surface area contributed by atoms with Crippen LogP contribution in [0.3, 0.4) is 0 Å². The second kappa shape index (κ2) is 7.74. The quantitative estimate of drug-likeness (QED) is 0.595. The van der Waals surface area contributed by atoms with Gasteiger partial charge in [-0.15, -0.1) is 0 Å². The van der Waals surface area contributed by atoms with Gasteiger partial charge in [0.05, 0.1) is 11.0 Å². The summed E-state index contributed by atoms with van der Waals surface area (Å²) in [4.78, 5) is 22.6. The highest BCUT2D eigenvalue weighted by molar-refractivity contribution is 5.95. The molecule has 1 heterocycles. The molecule has 0 saturated carbocycles. The number of amides is 1. The maximum Gasteiger partial charge on any atom is 0.293 e. The molecule has 22 heavy (non-hydrogen) atoms. The molecule has 2 N–H and O–H groups in total. The summed E-state index contributed by atoms with van der Waals surface area (Å²) >= 11 is 0. The van der Waals surface area contributed by atoms with E-state index in [-0.39, 0.29) is 17.7 Å². The van der Waals surface area contributed by atoms with E-state index < -0.39 is 4.92 Å². The molecule has 1 amide bonds. The van der Waals surface area contributed by atoms with E-state index in [1.807, 2.05) is 6.92 Å². The van der Waals surface area contributed by atoms with Gasteiger partial charge in [0.25, 0.3) is 11.6 Å². The van der Waals surface area contributed by atoms with Crippen molar-refractivity contribution < 1.29 is 14.5 Å². The van der Waals surface area contributed by atoms with E-state index in [0.29, 0.717) is 24.3 Å². The molecule has 120 valence electrons. The standard InChI is InChI=1S/C15H21N3O4/c1-2-7-16-15(19)11-5-6-13(14(9-11)18(20)21)17-10-12-4-3-8-22-12/h5-6,9,12,17H,2-4,7-8,10H2,1H3,(H,16,19)/t12-/m1/s1. The van der Waals surface area contributed by atoms with Crippen molar-refractivity contribution in [1.29, 1.82) is 0 Å². The number of hydrogen-bond donors (Lipinski definition) is 2. The predicted octanol–water partition coefficient (Wildman–Crippen LogP) is 2.33. The van der Waals surface area contributed by atoms with Crippen LogP contribution in [-0.4, -0.2) is 36.6 Å². The molecule has 1 aliphatic rings. The average molecular weight is 307 g/mol. The van der Waals surface area contributed by atoms with Crippen molar-refractivity contribution in [3.8, 4) is 0 Å². The highest BCUT2D eigenvalue weighted by atomic mass is 16.6. The topological polar surface area (TPSA) is 93.5 Å². The fourth-order valence-corrected chi connectivity index (χ4v) is 2.34. The summed E-state index contributed by atoms with van der Waals surface area (Å²) in [6, 6.07) is 4.48. The van der Waals surface area contributed by atoms with Gasteiger partial charge in [-0.25, -0.2) is 0 Å². The molecule has 1 atom stereocenters. The molecular formula is C15H21N3O4. The SMILES string of the molecule is CCCNC(=O)c1ccc(NC[C@H]2CCCO2)c([N+](=O)[O-])c1. The summed E-state index contributed by atoms with van der Waals surface area (Å²) < 4.78 is 5.48. The van der Waals surface area contributed by atoms with Gasteiger partial charge in [0.2, 0.25) is 0 Å². The highest BCUT2D eigenvalue weighted by Crippen LogP contribution is 2.26. The van der Waals surface area contributed by atoms with Crippen LogP contribution in [0, 0.1) is 10.1 Å². The molecule has 1 fully saturated rings. The van der Waals surface area contributed by atoms with Crippen LogP contribution >= 0.6 is 0 Å². The van der Waals surface area contributed by atoms with Gasteiger partial charge in [-0.05, 0) is 31.4 Å². The van der Waals surface area contributed by atoms with Gasteiger partial charge in [0.15, 0.2) is 0 Å². The maximum atomic E-state index is 11.9. The number of hydrogen-bond acceptors (Lipinski definition) is 5. The number of benzene rings is 1. The third-order valence-electron chi connectivity index (χ3n) is 3.54. The third-order valence-corrected chi connectivity index (χ3v) is 3.54. The Morgan fingerprint density at radius 3 is 2.95 bits per heavy atom. The lowest BCUT2D eigenvalue weighted by Gasteiger charge is -2.12. The third kappa shape index (κ3) is 4.17. The molecule has 0 aromatic heterocycles. The number of nitrogens with zero attached hydrogens (tertiary/aromatic N) is 1. The lowest BCUT2D eigenvalue weighted by Crippen LogP contribution is -2.24. The van der Waals surface area contributed by atoms with Crippen molar-refractivity contribution in [2.24, 2.45) is 0 Å². The molecular weight excluding hydrogens is 286 g/mol. The Labute approximate surface area is 129 Å². The van der Waals surface area contributed by atoms with Crippen molar-refractivity contribution in [3.05, 3.63) is 33.9 Å². The first-order valence-electron chi connectivity index (χ1n) is 7.54. The lowest BCUT2D eigenvalue weighted by atomic mass is 10.1. The monoisotopic (exact) mass is 307 g/mol. The van der Waals surface area contributed by atoms with E-state index in [1.165, 1.54) is 6.07 Å². The molecule has 0 unspecified atom stereocenters. The number of carbonyl (C=O) groups excluding carboxylic acids is 1. The molecule has 0 aliphatic carbocycles. The minimum absolute atomic E-state index is 0.0899. The molecule has 7 nitrogen and oxygen atoms in total. The average Bonchev–Trinajstić information content (AvgIpc) is 3.03. The number of nitro benzene ring substituents is 1. The van der Waals surface area contributed by atoms with Gasteiger partial charge in [-0.2, -0.15) is 0 Å². The Bertz CT molecular complexity index is 542. The largest absolute Gasteiger partial charge is 0.377 e. The first-order chi connectivity index (χ1) is 10.6. The Morgan fingerprint density at radius 2 is 2.32 bits per heavy atom. The van der Waals surface area contributed by atoms with E-state index in [0.717, 1.165) is 25.9 Å². The molecule has 7 heteroatoms. The Kier molecular flexibility index (Phi) is 5.71. The molecule has 1 aliphatic heterocycles. The number of nitrogens with one attached hydrogen (secondary N) is 2. The minimum Gasteiger partial charge on any atom is -0.377 e. The number of anilines is 1. The maximum absolute atomic E-state index is 11.9. The van der Waals surface area contributed by atoms with E-state index in [2.05, 4.69) is 10.6 Å². The van der Waals surface area contributed by atoms with E-state index in [1.54, 1.807) is 12.1 Å². The summed E-state index contributed by atoms with van der Waals surface area (Å²) in [5.74, 6) is -0.296.